The van der Waals surface area contributed by atoms with E-state index in [1.54, 1.807) is 0 Å². The number of hydrogen-bond donors (Lipinski definition) is 0. The molecule has 0 aliphatic heterocycles. The van der Waals surface area contributed by atoms with E-state index in [1.165, 1.54) is 0 Å². The summed E-state index contributed by atoms with van der Waals surface area (Å²) in [6.45, 7) is 0. The van der Waals surface area contributed by atoms with E-state index in [9.17, 15) is 0 Å². The molecule has 3 aromatic heterocycles. The predicted octanol–water partition coefficient (Wildman–Crippen LogP) is -5.27. The Labute approximate surface area is 459 Å². The van der Waals surface area contributed by atoms with Crippen molar-refractivity contribution in [2.24, 2.45) is 0 Å². The maximum Gasteiger partial charge on any atom is 0.166 e. The van der Waals surface area contributed by atoms with E-state index >= 15 is 0 Å². The van der Waals surface area contributed by atoms with E-state index in [0.29, 0.717) is 22.4 Å². The van der Waals surface area contributed by atoms with Crippen LogP contribution in [-0.4, -0.2) is 152 Å². The molecule has 0 aliphatic carbocycles. The van der Waals surface area contributed by atoms with Crippen molar-refractivity contribution in [2.45, 2.75) is 0 Å². The lowest BCUT2D eigenvalue weighted by atomic mass is 9.60. The summed E-state index contributed by atoms with van der Waals surface area (Å²) in [6, 6.07) is 39.2. The first kappa shape index (κ1) is 50.7. The first-order valence-electron chi connectivity index (χ1n) is 23.3. The summed E-state index contributed by atoms with van der Waals surface area (Å²) < 4.78 is 2.11. The van der Waals surface area contributed by atoms with E-state index in [0.717, 1.165) is 32.9 Å². The molecule has 76 heavy (non-hydrogen) atoms. The van der Waals surface area contributed by atoms with Crippen molar-refractivity contribution in [1.29, 1.82) is 0 Å². The Morgan fingerprint density at radius 1 is 0.250 bits per heavy atom. The van der Waals surface area contributed by atoms with Gasteiger partial charge in [-0.25, -0.2) is 29.9 Å². The smallest absolute Gasteiger partial charge is 0.166 e. The average molecular weight is 929 g/mol. The largest absolute Gasteiger partial charge is 0.308 e. The molecule has 0 unspecified atom stereocenters. The number of benzene rings is 8. The van der Waals surface area contributed by atoms with Crippen LogP contribution in [0.4, 0.5) is 0 Å². The topological polar surface area (TPSA) is 82.3 Å². The van der Waals surface area contributed by atoms with Crippen LogP contribution < -0.4 is 81.9 Å². The highest BCUT2D eigenvalue weighted by atomic mass is 15.1. The van der Waals surface area contributed by atoms with Gasteiger partial charge in [-0.1, -0.05) is 124 Å². The third-order valence-electron chi connectivity index (χ3n) is 13.6. The Bertz CT molecular complexity index is 4080. The Kier molecular flexibility index (Phi) is 13.1. The first-order valence-corrected chi connectivity index (χ1v) is 23.3. The van der Waals surface area contributed by atoms with Crippen LogP contribution in [0, 0.1) is 0 Å². The summed E-state index contributed by atoms with van der Waals surface area (Å²) in [5.41, 5.74) is 5.42. The van der Waals surface area contributed by atoms with Gasteiger partial charge in [0.05, 0.1) is 16.7 Å². The van der Waals surface area contributed by atoms with Crippen LogP contribution >= 0.6 is 0 Å². The number of para-hydroxylation sites is 1. The minimum atomic E-state index is -0.107. The summed E-state index contributed by atoms with van der Waals surface area (Å²) in [5, 5.41) is 1.91. The van der Waals surface area contributed by atoms with Crippen molar-refractivity contribution in [3.05, 3.63) is 121 Å². The SMILES string of the molecule is [B]c1c([B])c([B])c(-c2nc(-c3ccccc3)nc(-c3ccc(-n4c5ccccc5c5ccc(-c6ccccc6)cc54)c(-c4nc(-c5c([B])c([B])c([B])c([B])c5[B])nc(-c5c([B])c([B])c([B])c([B])c5[B])n4)c3)n2)c([B])c1[B]. The quantitative estimate of drug-likeness (QED) is 0.142. The molecule has 316 valence electrons. The number of nitrogens with zero attached hydrogens (tertiary/aromatic N) is 7. The molecule has 0 amide bonds. The van der Waals surface area contributed by atoms with Gasteiger partial charge in [-0.15, -0.1) is 49.2 Å². The van der Waals surface area contributed by atoms with Gasteiger partial charge in [0.1, 0.15) is 118 Å². The second-order valence-electron chi connectivity index (χ2n) is 18.0. The number of aromatic nitrogens is 7. The fourth-order valence-electron chi connectivity index (χ4n) is 9.41. The lowest BCUT2D eigenvalue weighted by molar-refractivity contribution is 1.06. The maximum absolute atomic E-state index is 6.74. The zero-order chi connectivity index (χ0) is 53.6. The summed E-state index contributed by atoms with van der Waals surface area (Å²) in [6.07, 6.45) is 0. The standard InChI is InChI=1S/C54H20B15N7/c55-34-31(35(56)41(62)46(67)40(34)61)52-71-49(22-11-5-2-6-12-22)70-50(72-52)24-16-18-29(76-28-14-8-7-13-25(28)26-17-15-23(20-30(26)76)21-9-3-1-4-10-21)27(19-24)51-73-53(32-36(57)42(63)47(68)43(64)37(32)58)75-54(74-51)33-38(59)44(65)48(69)45(66)39(33)60/h1-20H. The van der Waals surface area contributed by atoms with Crippen molar-refractivity contribution < 1.29 is 0 Å². The summed E-state index contributed by atoms with van der Waals surface area (Å²) in [7, 11) is 97.8. The van der Waals surface area contributed by atoms with Gasteiger partial charge in [0, 0.05) is 44.2 Å². The Morgan fingerprint density at radius 2 is 0.605 bits per heavy atom. The minimum Gasteiger partial charge on any atom is -0.308 e. The molecular weight excluding hydrogens is 909 g/mol. The highest BCUT2D eigenvalue weighted by Crippen LogP contribution is 2.39. The third-order valence-corrected chi connectivity index (χ3v) is 13.6. The molecule has 22 heteroatoms. The molecule has 0 atom stereocenters. The zero-order valence-electron chi connectivity index (χ0n) is 40.3. The monoisotopic (exact) mass is 931 g/mol. The normalized spacial score (nSPS) is 11.4. The van der Waals surface area contributed by atoms with Crippen LogP contribution in [0.2, 0.25) is 0 Å². The average Bonchev–Trinajstić information content (AvgIpc) is 3.86. The van der Waals surface area contributed by atoms with E-state index in [-0.39, 0.29) is 134 Å². The molecule has 0 saturated heterocycles. The third kappa shape index (κ3) is 8.31. The van der Waals surface area contributed by atoms with E-state index in [1.807, 2.05) is 97.1 Å². The summed E-state index contributed by atoms with van der Waals surface area (Å²) in [4.78, 5) is 30.0. The molecule has 0 saturated carbocycles. The van der Waals surface area contributed by atoms with E-state index in [4.69, 9.17) is 148 Å². The molecule has 3 heterocycles. The molecule has 7 nitrogen and oxygen atoms in total. The molecule has 0 aliphatic rings. The lowest BCUT2D eigenvalue weighted by Crippen LogP contribution is -2.55. The van der Waals surface area contributed by atoms with Crippen molar-refractivity contribution in [2.75, 3.05) is 0 Å². The minimum absolute atomic E-state index is 0.0105. The van der Waals surface area contributed by atoms with Gasteiger partial charge >= 0.3 is 0 Å². The van der Waals surface area contributed by atoms with Gasteiger partial charge in [0.15, 0.2) is 34.9 Å². The Hall–Kier alpha value is -7.45. The fraction of sp³-hybridized carbons (Fsp3) is 0. The van der Waals surface area contributed by atoms with Crippen LogP contribution in [0.25, 0.3) is 107 Å². The second kappa shape index (κ2) is 19.6. The van der Waals surface area contributed by atoms with Crippen molar-refractivity contribution in [3.63, 3.8) is 0 Å². The van der Waals surface area contributed by atoms with Crippen molar-refractivity contribution >= 4 is 221 Å². The lowest BCUT2D eigenvalue weighted by Gasteiger charge is -2.23. The highest BCUT2D eigenvalue weighted by Gasteiger charge is 2.26. The van der Waals surface area contributed by atoms with E-state index in [2.05, 4.69) is 28.8 Å². The van der Waals surface area contributed by atoms with E-state index < -0.39 is 0 Å². The van der Waals surface area contributed by atoms with Crippen LogP contribution in [0.15, 0.2) is 121 Å². The van der Waals surface area contributed by atoms with Crippen LogP contribution in [0.1, 0.15) is 0 Å². The maximum atomic E-state index is 6.74. The number of fused-ring (bicyclic) bond motifs is 3. The fourth-order valence-corrected chi connectivity index (χ4v) is 9.41. The molecule has 0 N–H and O–H groups in total. The predicted molar refractivity (Wildman–Crippen MR) is 326 cm³/mol. The number of rotatable bonds is 8. The number of hydrogen-bond acceptors (Lipinski definition) is 6. The highest BCUT2D eigenvalue weighted by molar-refractivity contribution is 6.71. The molecule has 0 bridgehead atoms. The summed E-state index contributed by atoms with van der Waals surface area (Å²) >= 11 is 0. The molecule has 0 spiro atoms. The van der Waals surface area contributed by atoms with Crippen LogP contribution in [0.3, 0.4) is 0 Å². The van der Waals surface area contributed by atoms with Gasteiger partial charge in [-0.3, -0.25) is 0 Å². The molecule has 30 radical (unpaired) electrons. The first-order chi connectivity index (χ1) is 36.4. The zero-order valence-corrected chi connectivity index (χ0v) is 40.3. The molecule has 11 rings (SSSR count). The van der Waals surface area contributed by atoms with Gasteiger partial charge in [0.25, 0.3) is 0 Å². The van der Waals surface area contributed by atoms with Crippen LogP contribution in [-0.2, 0) is 0 Å². The van der Waals surface area contributed by atoms with Gasteiger partial charge in [-0.2, -0.15) is 0 Å². The second-order valence-corrected chi connectivity index (χ2v) is 18.0. The van der Waals surface area contributed by atoms with Crippen LogP contribution in [0.5, 0.6) is 0 Å². The van der Waals surface area contributed by atoms with Gasteiger partial charge < -0.3 is 4.57 Å². The van der Waals surface area contributed by atoms with Crippen molar-refractivity contribution in [1.82, 2.24) is 34.5 Å². The van der Waals surface area contributed by atoms with Crippen molar-refractivity contribution in [3.8, 4) is 85.1 Å². The summed E-state index contributed by atoms with van der Waals surface area (Å²) in [5.74, 6) is 0.278. The van der Waals surface area contributed by atoms with Gasteiger partial charge in [0.2, 0.25) is 0 Å². The van der Waals surface area contributed by atoms with Gasteiger partial charge in [-0.05, 0) is 41.5 Å². The Balaban J connectivity index is 1.28. The Morgan fingerprint density at radius 3 is 1.09 bits per heavy atom. The molecule has 11 aromatic rings. The molecule has 8 aromatic carbocycles. The molecular formula is C54H20B15N7. The molecule has 0 fully saturated rings.